The molecule has 0 aromatic heterocycles. The average Bonchev–Trinajstić information content (AvgIpc) is 3.20. The second kappa shape index (κ2) is 4.43. The lowest BCUT2D eigenvalue weighted by atomic mass is 9.97. The van der Waals surface area contributed by atoms with E-state index in [0.717, 1.165) is 18.9 Å². The van der Waals surface area contributed by atoms with Crippen molar-refractivity contribution in [2.45, 2.75) is 25.0 Å². The molecule has 0 bridgehead atoms. The van der Waals surface area contributed by atoms with E-state index in [9.17, 15) is 18.4 Å². The predicted octanol–water partition coefficient (Wildman–Crippen LogP) is 2.19. The Kier molecular flexibility index (Phi) is 2.84. The number of carboxylic acid groups (broad SMARTS) is 1. The number of hydrogen-bond acceptors (Lipinski definition) is 4. The van der Waals surface area contributed by atoms with E-state index in [1.54, 1.807) is 0 Å². The van der Waals surface area contributed by atoms with Crippen LogP contribution in [0.5, 0.6) is 0 Å². The molecule has 1 atom stereocenters. The van der Waals surface area contributed by atoms with Gasteiger partial charge in [-0.1, -0.05) is 0 Å². The molecule has 1 heterocycles. The monoisotopic (exact) mass is 283 g/mol. The van der Waals surface area contributed by atoms with Gasteiger partial charge in [-0.15, -0.1) is 0 Å². The van der Waals surface area contributed by atoms with E-state index >= 15 is 0 Å². The lowest BCUT2D eigenvalue weighted by Gasteiger charge is -2.34. The van der Waals surface area contributed by atoms with Gasteiger partial charge in [0, 0.05) is 11.6 Å². The van der Waals surface area contributed by atoms with E-state index < -0.39 is 29.7 Å². The maximum atomic E-state index is 14.0. The average molecular weight is 283 g/mol. The summed E-state index contributed by atoms with van der Waals surface area (Å²) in [5, 5.41) is 8.64. The van der Waals surface area contributed by atoms with E-state index in [-0.39, 0.29) is 23.8 Å². The number of nitrogens with zero attached hydrogens (tertiary/aromatic N) is 1. The molecule has 106 valence electrons. The fourth-order valence-corrected chi connectivity index (χ4v) is 2.48. The van der Waals surface area contributed by atoms with Gasteiger partial charge in [0.05, 0.1) is 12.2 Å². The molecular weight excluding hydrogens is 272 g/mol. The van der Waals surface area contributed by atoms with Gasteiger partial charge in [-0.25, -0.2) is 13.6 Å². The molecule has 0 amide bonds. The Balaban J connectivity index is 2.06. The van der Waals surface area contributed by atoms with Gasteiger partial charge in [-0.3, -0.25) is 4.79 Å². The Bertz CT molecular complexity index is 600. The summed E-state index contributed by atoms with van der Waals surface area (Å²) in [6.45, 7) is -0.0802. The normalized spacial score (nSPS) is 21.6. The molecule has 0 spiro atoms. The Morgan fingerprint density at radius 2 is 2.05 bits per heavy atom. The lowest BCUT2D eigenvalue weighted by molar-refractivity contribution is 0.0426. The number of Topliss-reactive ketones (excluding diaryl/α,β-unsaturated/α-hetero) is 1. The third-order valence-electron chi connectivity index (χ3n) is 3.51. The van der Waals surface area contributed by atoms with Crippen LogP contribution in [0.25, 0.3) is 0 Å². The van der Waals surface area contributed by atoms with Crippen molar-refractivity contribution in [1.29, 1.82) is 0 Å². The summed E-state index contributed by atoms with van der Waals surface area (Å²) in [5.74, 6) is -2.74. The lowest BCUT2D eigenvalue weighted by Crippen LogP contribution is -2.46. The van der Waals surface area contributed by atoms with Crippen molar-refractivity contribution in [3.8, 4) is 0 Å². The van der Waals surface area contributed by atoms with Gasteiger partial charge in [0.25, 0.3) is 0 Å². The van der Waals surface area contributed by atoms with Gasteiger partial charge >= 0.3 is 6.16 Å². The van der Waals surface area contributed by atoms with E-state index in [2.05, 4.69) is 4.74 Å². The standard InChI is InChI=1S/C13H11F2NO4/c14-8-4-3-7-11(10(8)15)16(6-1-2-6)5-9(12(7)17)20-13(18)19/h3-4,6,9H,1-2,5H2,(H,18,19). The van der Waals surface area contributed by atoms with Crippen LogP contribution in [-0.4, -0.2) is 35.7 Å². The molecule has 1 aromatic carbocycles. The number of hydrogen-bond donors (Lipinski definition) is 1. The third-order valence-corrected chi connectivity index (χ3v) is 3.51. The molecule has 0 saturated heterocycles. The quantitative estimate of drug-likeness (QED) is 0.843. The van der Waals surface area contributed by atoms with Crippen molar-refractivity contribution in [3.63, 3.8) is 0 Å². The summed E-state index contributed by atoms with van der Waals surface area (Å²) < 4.78 is 31.9. The van der Waals surface area contributed by atoms with Crippen molar-refractivity contribution in [2.75, 3.05) is 11.4 Å². The molecule has 1 N–H and O–H groups in total. The molecule has 1 saturated carbocycles. The van der Waals surface area contributed by atoms with E-state index in [1.165, 1.54) is 11.0 Å². The molecule has 1 aliphatic heterocycles. The molecule has 3 rings (SSSR count). The zero-order chi connectivity index (χ0) is 14.4. The summed E-state index contributed by atoms with van der Waals surface area (Å²) in [7, 11) is 0. The minimum absolute atomic E-state index is 0.00181. The van der Waals surface area contributed by atoms with Crippen molar-refractivity contribution in [1.82, 2.24) is 0 Å². The fraction of sp³-hybridized carbons (Fsp3) is 0.385. The molecule has 1 unspecified atom stereocenters. The van der Waals surface area contributed by atoms with Crippen molar-refractivity contribution < 1.29 is 28.2 Å². The van der Waals surface area contributed by atoms with Crippen molar-refractivity contribution in [2.24, 2.45) is 0 Å². The van der Waals surface area contributed by atoms with E-state index in [1.807, 2.05) is 0 Å². The first-order valence-electron chi connectivity index (χ1n) is 6.17. The zero-order valence-electron chi connectivity index (χ0n) is 10.3. The predicted molar refractivity (Wildman–Crippen MR) is 64.0 cm³/mol. The van der Waals surface area contributed by atoms with Gasteiger partial charge in [0.1, 0.15) is 0 Å². The summed E-state index contributed by atoms with van der Waals surface area (Å²) in [4.78, 5) is 24.2. The van der Waals surface area contributed by atoms with Crippen LogP contribution in [0.1, 0.15) is 23.2 Å². The molecule has 2 aliphatic rings. The van der Waals surface area contributed by atoms with Crippen LogP contribution in [0.15, 0.2) is 12.1 Å². The zero-order valence-corrected chi connectivity index (χ0v) is 10.3. The molecule has 0 radical (unpaired) electrons. The van der Waals surface area contributed by atoms with Crippen LogP contribution < -0.4 is 4.90 Å². The van der Waals surface area contributed by atoms with E-state index in [0.29, 0.717) is 0 Å². The van der Waals surface area contributed by atoms with Crippen molar-refractivity contribution >= 4 is 17.6 Å². The highest BCUT2D eigenvalue weighted by Gasteiger charge is 2.42. The number of ether oxygens (including phenoxy) is 1. The topological polar surface area (TPSA) is 66.8 Å². The highest BCUT2D eigenvalue weighted by atomic mass is 19.2. The minimum Gasteiger partial charge on any atom is -0.450 e. The molecular formula is C13H11F2NO4. The maximum Gasteiger partial charge on any atom is 0.506 e. The summed E-state index contributed by atoms with van der Waals surface area (Å²) in [5.41, 5.74) is -0.115. The fourth-order valence-electron chi connectivity index (χ4n) is 2.48. The van der Waals surface area contributed by atoms with Crippen LogP contribution in [0.3, 0.4) is 0 Å². The number of carbonyl (C=O) groups is 2. The Labute approximate surface area is 112 Å². The largest absolute Gasteiger partial charge is 0.506 e. The van der Waals surface area contributed by atoms with Crippen LogP contribution in [0.4, 0.5) is 19.3 Å². The Morgan fingerprint density at radius 3 is 2.65 bits per heavy atom. The Morgan fingerprint density at radius 1 is 1.35 bits per heavy atom. The van der Waals surface area contributed by atoms with Gasteiger partial charge in [-0.2, -0.15) is 0 Å². The smallest absolute Gasteiger partial charge is 0.450 e. The first-order valence-corrected chi connectivity index (χ1v) is 6.17. The first-order chi connectivity index (χ1) is 9.49. The molecule has 1 aliphatic carbocycles. The molecule has 5 nitrogen and oxygen atoms in total. The van der Waals surface area contributed by atoms with Crippen LogP contribution in [0.2, 0.25) is 0 Å². The van der Waals surface area contributed by atoms with Gasteiger partial charge in [0.2, 0.25) is 5.78 Å². The number of halogens is 2. The second-order valence-electron chi connectivity index (χ2n) is 4.88. The summed E-state index contributed by atoms with van der Waals surface area (Å²) >= 11 is 0. The highest BCUT2D eigenvalue weighted by Crippen LogP contribution is 2.39. The summed E-state index contributed by atoms with van der Waals surface area (Å²) in [6.07, 6.45) is -1.18. The number of carbonyl (C=O) groups excluding carboxylic acids is 1. The third kappa shape index (κ3) is 1.99. The minimum atomic E-state index is -1.56. The van der Waals surface area contributed by atoms with E-state index in [4.69, 9.17) is 5.11 Å². The van der Waals surface area contributed by atoms with Crippen LogP contribution in [0, 0.1) is 11.6 Å². The van der Waals surface area contributed by atoms with Crippen molar-refractivity contribution in [3.05, 3.63) is 29.3 Å². The van der Waals surface area contributed by atoms with Gasteiger partial charge in [0.15, 0.2) is 17.7 Å². The molecule has 7 heteroatoms. The molecule has 1 fully saturated rings. The van der Waals surface area contributed by atoms with Gasteiger partial charge < -0.3 is 14.7 Å². The van der Waals surface area contributed by atoms with Crippen LogP contribution >= 0.6 is 0 Å². The number of benzene rings is 1. The number of rotatable bonds is 2. The number of ketones is 1. The first kappa shape index (κ1) is 12.8. The molecule has 20 heavy (non-hydrogen) atoms. The second-order valence-corrected chi connectivity index (χ2v) is 4.88. The maximum absolute atomic E-state index is 14.0. The number of fused-ring (bicyclic) bond motifs is 1. The van der Waals surface area contributed by atoms with Gasteiger partial charge in [-0.05, 0) is 25.0 Å². The Hall–Kier alpha value is -2.18. The number of anilines is 1. The summed E-state index contributed by atoms with van der Waals surface area (Å²) in [6, 6.07) is 2.03. The SMILES string of the molecule is O=C(O)OC1CN(C2CC2)c2c(ccc(F)c2F)C1=O. The molecule has 1 aromatic rings. The van der Waals surface area contributed by atoms with Crippen LogP contribution in [-0.2, 0) is 4.74 Å². The highest BCUT2D eigenvalue weighted by molar-refractivity contribution is 6.07.